The van der Waals surface area contributed by atoms with E-state index in [0.717, 1.165) is 15.7 Å². The zero-order valence-corrected chi connectivity index (χ0v) is 18.2. The molecule has 0 spiro atoms. The zero-order valence-electron chi connectivity index (χ0n) is 18.2. The molecule has 1 unspecified atom stereocenters. The summed E-state index contributed by atoms with van der Waals surface area (Å²) in [6, 6.07) is 7.39. The number of aryl methyl sites for hydroxylation is 1. The average molecular weight is 439 g/mol. The number of methoxy groups -OCH3 is 1. The van der Waals surface area contributed by atoms with E-state index in [1.807, 2.05) is 26.0 Å². The number of anilines is 1. The third-order valence-electron chi connectivity index (χ3n) is 6.11. The van der Waals surface area contributed by atoms with Crippen molar-refractivity contribution < 1.29 is 13.5 Å². The van der Waals surface area contributed by atoms with Gasteiger partial charge in [-0.05, 0) is 50.8 Å². The van der Waals surface area contributed by atoms with Crippen LogP contribution in [0.2, 0.25) is 0 Å². The van der Waals surface area contributed by atoms with Crippen molar-refractivity contribution in [3.8, 4) is 11.8 Å². The van der Waals surface area contributed by atoms with Gasteiger partial charge in [0, 0.05) is 6.20 Å². The summed E-state index contributed by atoms with van der Waals surface area (Å²) >= 11 is 0. The van der Waals surface area contributed by atoms with Crippen molar-refractivity contribution in [2.75, 3.05) is 12.4 Å². The predicted octanol–water partition coefficient (Wildman–Crippen LogP) is 4.22. The minimum atomic E-state index is -2.68. The van der Waals surface area contributed by atoms with Gasteiger partial charge in [0.05, 0.1) is 30.2 Å². The number of ether oxygens (including phenoxy) is 1. The van der Waals surface area contributed by atoms with Gasteiger partial charge in [0.2, 0.25) is 5.75 Å². The maximum absolute atomic E-state index is 13.8. The van der Waals surface area contributed by atoms with Crippen LogP contribution in [0.15, 0.2) is 29.2 Å². The van der Waals surface area contributed by atoms with Gasteiger partial charge in [-0.3, -0.25) is 9.36 Å². The fourth-order valence-electron chi connectivity index (χ4n) is 4.12. The molecular weight excluding hydrogens is 416 g/mol. The summed E-state index contributed by atoms with van der Waals surface area (Å²) in [7, 11) is 1.33. The first-order chi connectivity index (χ1) is 15.2. The van der Waals surface area contributed by atoms with Crippen LogP contribution in [0.1, 0.15) is 48.3 Å². The van der Waals surface area contributed by atoms with Gasteiger partial charge in [0.1, 0.15) is 22.7 Å². The number of nitrogens with one attached hydrogen (secondary N) is 1. The smallest absolute Gasteiger partial charge is 0.295 e. The van der Waals surface area contributed by atoms with Gasteiger partial charge in [0.25, 0.3) is 12.0 Å². The van der Waals surface area contributed by atoms with Gasteiger partial charge in [-0.1, -0.05) is 12.1 Å². The standard InChI is InChI=1S/C23H23F2N5O2/c1-12-15(10-26)6-5-7-16(12)13(2)27-20-17-11-30(23(8-9-23)22(24)25)21(31)19(32-4)18(17)28-14(3)29-20/h5-7,11,13,22H,8-9H2,1-4H3,(H,27,28,29). The Balaban J connectivity index is 1.89. The molecule has 4 rings (SSSR count). The van der Waals surface area contributed by atoms with E-state index in [1.54, 1.807) is 13.0 Å². The van der Waals surface area contributed by atoms with Crippen LogP contribution < -0.4 is 15.6 Å². The summed E-state index contributed by atoms with van der Waals surface area (Å²) < 4.78 is 34.0. The molecule has 9 heteroatoms. The predicted molar refractivity (Wildman–Crippen MR) is 116 cm³/mol. The molecule has 0 amide bonds. The van der Waals surface area contributed by atoms with E-state index in [-0.39, 0.29) is 30.1 Å². The number of hydrogen-bond donors (Lipinski definition) is 1. The van der Waals surface area contributed by atoms with E-state index in [4.69, 9.17) is 4.74 Å². The molecule has 1 saturated carbocycles. The number of halogens is 2. The fourth-order valence-corrected chi connectivity index (χ4v) is 4.12. The maximum Gasteiger partial charge on any atom is 0.295 e. The molecule has 32 heavy (non-hydrogen) atoms. The number of benzene rings is 1. The van der Waals surface area contributed by atoms with Gasteiger partial charge < -0.3 is 10.1 Å². The van der Waals surface area contributed by atoms with Gasteiger partial charge >= 0.3 is 0 Å². The molecule has 0 aliphatic heterocycles. The Labute approximate surface area is 183 Å². The molecule has 1 atom stereocenters. The highest BCUT2D eigenvalue weighted by atomic mass is 19.3. The third-order valence-corrected chi connectivity index (χ3v) is 6.11. The zero-order chi connectivity index (χ0) is 23.2. The lowest BCUT2D eigenvalue weighted by Crippen LogP contribution is -2.36. The summed E-state index contributed by atoms with van der Waals surface area (Å²) in [6.45, 7) is 5.47. The van der Waals surface area contributed by atoms with Crippen LogP contribution in [0.5, 0.6) is 5.75 Å². The minimum absolute atomic E-state index is 0.0849. The van der Waals surface area contributed by atoms with E-state index in [0.29, 0.717) is 22.6 Å². The molecule has 3 aromatic rings. The molecule has 2 heterocycles. The molecular formula is C23H23F2N5O2. The summed E-state index contributed by atoms with van der Waals surface area (Å²) in [5, 5.41) is 13.1. The second-order valence-corrected chi connectivity index (χ2v) is 8.12. The van der Waals surface area contributed by atoms with Crippen LogP contribution in [0, 0.1) is 25.2 Å². The topological polar surface area (TPSA) is 92.8 Å². The van der Waals surface area contributed by atoms with Crippen molar-refractivity contribution in [1.82, 2.24) is 14.5 Å². The molecule has 1 aliphatic carbocycles. The van der Waals surface area contributed by atoms with Crippen molar-refractivity contribution >= 4 is 16.7 Å². The summed E-state index contributed by atoms with van der Waals surface area (Å²) in [5.41, 5.74) is 0.428. The molecule has 0 saturated heterocycles. The second kappa shape index (κ2) is 7.86. The highest BCUT2D eigenvalue weighted by Crippen LogP contribution is 2.48. The van der Waals surface area contributed by atoms with Crippen LogP contribution in [-0.2, 0) is 5.54 Å². The van der Waals surface area contributed by atoms with Crippen LogP contribution in [0.25, 0.3) is 10.9 Å². The van der Waals surface area contributed by atoms with E-state index >= 15 is 0 Å². The van der Waals surface area contributed by atoms with Gasteiger partial charge in [-0.15, -0.1) is 0 Å². The summed E-state index contributed by atoms with van der Waals surface area (Å²) in [5.74, 6) is 0.720. The molecule has 166 valence electrons. The van der Waals surface area contributed by atoms with E-state index in [9.17, 15) is 18.8 Å². The number of hydrogen-bond acceptors (Lipinski definition) is 6. The summed E-state index contributed by atoms with van der Waals surface area (Å²) in [6.07, 6.45) is -0.844. The van der Waals surface area contributed by atoms with Crippen molar-refractivity contribution in [2.45, 2.75) is 51.6 Å². The van der Waals surface area contributed by atoms with Crippen molar-refractivity contribution in [2.24, 2.45) is 0 Å². The Hall–Kier alpha value is -3.54. The Bertz CT molecular complexity index is 1310. The number of fused-ring (bicyclic) bond motifs is 1. The van der Waals surface area contributed by atoms with Crippen LogP contribution in [0.4, 0.5) is 14.6 Å². The SMILES string of the molecule is COc1c(=O)n(C2(C(F)F)CC2)cc2c(NC(C)c3cccc(C#N)c3C)nc(C)nc12. The minimum Gasteiger partial charge on any atom is -0.490 e. The number of rotatable bonds is 6. The Kier molecular flexibility index (Phi) is 5.33. The first kappa shape index (κ1) is 21.7. The number of alkyl halides is 2. The second-order valence-electron chi connectivity index (χ2n) is 8.12. The lowest BCUT2D eigenvalue weighted by atomic mass is 9.98. The van der Waals surface area contributed by atoms with E-state index in [1.165, 1.54) is 13.3 Å². The number of aromatic nitrogens is 3. The Morgan fingerprint density at radius 2 is 2.00 bits per heavy atom. The lowest BCUT2D eigenvalue weighted by molar-refractivity contribution is 0.0650. The van der Waals surface area contributed by atoms with Crippen LogP contribution in [-0.4, -0.2) is 28.1 Å². The van der Waals surface area contributed by atoms with Crippen molar-refractivity contribution in [1.29, 1.82) is 5.26 Å². The molecule has 1 fully saturated rings. The molecule has 2 aromatic heterocycles. The monoisotopic (exact) mass is 439 g/mol. The highest BCUT2D eigenvalue weighted by Gasteiger charge is 2.54. The third kappa shape index (κ3) is 3.36. The summed E-state index contributed by atoms with van der Waals surface area (Å²) in [4.78, 5) is 21.8. The Morgan fingerprint density at radius 3 is 2.59 bits per heavy atom. The molecule has 0 bridgehead atoms. The lowest BCUT2D eigenvalue weighted by Gasteiger charge is -2.22. The molecule has 1 N–H and O–H groups in total. The van der Waals surface area contributed by atoms with Crippen molar-refractivity contribution in [3.63, 3.8) is 0 Å². The fraction of sp³-hybridized carbons (Fsp3) is 0.391. The maximum atomic E-state index is 13.8. The first-order valence-electron chi connectivity index (χ1n) is 10.3. The normalized spacial score (nSPS) is 15.4. The van der Waals surface area contributed by atoms with Crippen molar-refractivity contribution in [3.05, 3.63) is 57.3 Å². The largest absolute Gasteiger partial charge is 0.490 e. The molecule has 7 nitrogen and oxygen atoms in total. The van der Waals surface area contributed by atoms with Gasteiger partial charge in [0.15, 0.2) is 0 Å². The average Bonchev–Trinajstić information content (AvgIpc) is 3.55. The number of nitrogens with zero attached hydrogens (tertiary/aromatic N) is 4. The van der Waals surface area contributed by atoms with Crippen LogP contribution in [0.3, 0.4) is 0 Å². The molecule has 1 aromatic carbocycles. The molecule has 0 radical (unpaired) electrons. The number of pyridine rings is 1. The van der Waals surface area contributed by atoms with Gasteiger partial charge in [-0.2, -0.15) is 5.26 Å². The Morgan fingerprint density at radius 1 is 1.28 bits per heavy atom. The van der Waals surface area contributed by atoms with E-state index in [2.05, 4.69) is 21.4 Å². The molecule has 1 aliphatic rings. The number of nitriles is 1. The van der Waals surface area contributed by atoms with Gasteiger partial charge in [-0.25, -0.2) is 18.7 Å². The van der Waals surface area contributed by atoms with Crippen LogP contribution >= 0.6 is 0 Å². The highest BCUT2D eigenvalue weighted by molar-refractivity contribution is 5.92. The van der Waals surface area contributed by atoms with E-state index < -0.39 is 17.5 Å². The quantitative estimate of drug-likeness (QED) is 0.618. The first-order valence-corrected chi connectivity index (χ1v) is 10.3.